The summed E-state index contributed by atoms with van der Waals surface area (Å²) in [6.07, 6.45) is 0. The van der Waals surface area contributed by atoms with Crippen molar-refractivity contribution in [3.05, 3.63) is 50.1 Å². The number of aryl methyl sites for hydroxylation is 1. The zero-order valence-electron chi connectivity index (χ0n) is 9.33. The molecule has 0 unspecified atom stereocenters. The summed E-state index contributed by atoms with van der Waals surface area (Å²) in [4.78, 5) is 2.58. The van der Waals surface area contributed by atoms with Gasteiger partial charge in [-0.15, -0.1) is 11.3 Å². The quantitative estimate of drug-likeness (QED) is 0.917. The van der Waals surface area contributed by atoms with E-state index in [1.54, 1.807) is 11.3 Å². The Bertz CT molecular complexity index is 569. The number of thiophene rings is 1. The van der Waals surface area contributed by atoms with Crippen molar-refractivity contribution in [2.24, 2.45) is 0 Å². The summed E-state index contributed by atoms with van der Waals surface area (Å²) in [5.41, 5.74) is 1.54. The third kappa shape index (κ3) is 3.09. The molecule has 0 fully saturated rings. The third-order valence-electron chi connectivity index (χ3n) is 2.35. The van der Waals surface area contributed by atoms with Crippen molar-refractivity contribution in [1.29, 1.82) is 5.26 Å². The summed E-state index contributed by atoms with van der Waals surface area (Å²) in [7, 11) is 0. The second kappa shape index (κ2) is 5.35. The molecular formula is C13H11BrN2S. The zero-order chi connectivity index (χ0) is 12.3. The van der Waals surface area contributed by atoms with Crippen molar-refractivity contribution in [2.75, 3.05) is 5.32 Å². The van der Waals surface area contributed by atoms with E-state index in [2.05, 4.69) is 46.4 Å². The number of anilines is 1. The Balaban J connectivity index is 2.12. The lowest BCUT2D eigenvalue weighted by atomic mass is 10.2. The van der Waals surface area contributed by atoms with Crippen molar-refractivity contribution < 1.29 is 0 Å². The van der Waals surface area contributed by atoms with E-state index in [1.807, 2.05) is 18.2 Å². The summed E-state index contributed by atoms with van der Waals surface area (Å²) < 4.78 is 0.923. The fraction of sp³-hybridized carbons (Fsp3) is 0.154. The minimum Gasteiger partial charge on any atom is -0.379 e. The number of hydrogen-bond acceptors (Lipinski definition) is 3. The Kier molecular flexibility index (Phi) is 3.82. The van der Waals surface area contributed by atoms with Crippen molar-refractivity contribution >= 4 is 33.0 Å². The van der Waals surface area contributed by atoms with Crippen molar-refractivity contribution in [3.8, 4) is 6.07 Å². The predicted molar refractivity (Wildman–Crippen MR) is 75.2 cm³/mol. The van der Waals surface area contributed by atoms with Crippen LogP contribution in [0.2, 0.25) is 0 Å². The third-order valence-corrected chi connectivity index (χ3v) is 3.85. The standard InChI is InChI=1S/C13H11BrN2S/c1-9-2-4-12(17-9)8-16-13-5-3-11(14)6-10(13)7-15/h2-6,16H,8H2,1H3. The maximum atomic E-state index is 9.04. The van der Waals surface area contributed by atoms with Gasteiger partial charge in [-0.1, -0.05) is 15.9 Å². The fourth-order valence-corrected chi connectivity index (χ4v) is 2.72. The summed E-state index contributed by atoms with van der Waals surface area (Å²) in [6, 6.07) is 12.1. The highest BCUT2D eigenvalue weighted by Crippen LogP contribution is 2.22. The molecule has 0 aliphatic carbocycles. The van der Waals surface area contributed by atoms with Gasteiger partial charge in [0.15, 0.2) is 0 Å². The van der Waals surface area contributed by atoms with Gasteiger partial charge in [0.25, 0.3) is 0 Å². The van der Waals surface area contributed by atoms with Crippen molar-refractivity contribution in [2.45, 2.75) is 13.5 Å². The summed E-state index contributed by atoms with van der Waals surface area (Å²) in [5.74, 6) is 0. The summed E-state index contributed by atoms with van der Waals surface area (Å²) in [5, 5.41) is 12.3. The molecule has 0 bridgehead atoms. The molecule has 2 nitrogen and oxygen atoms in total. The Morgan fingerprint density at radius 2 is 2.18 bits per heavy atom. The van der Waals surface area contributed by atoms with Gasteiger partial charge >= 0.3 is 0 Å². The molecule has 4 heteroatoms. The van der Waals surface area contributed by atoms with Gasteiger partial charge in [0.1, 0.15) is 6.07 Å². The SMILES string of the molecule is Cc1ccc(CNc2ccc(Br)cc2C#N)s1. The van der Waals surface area contributed by atoms with Gasteiger partial charge in [-0.2, -0.15) is 5.26 Å². The first-order chi connectivity index (χ1) is 8.19. The lowest BCUT2D eigenvalue weighted by Gasteiger charge is -2.07. The molecule has 2 rings (SSSR count). The second-order valence-electron chi connectivity index (χ2n) is 3.67. The van der Waals surface area contributed by atoms with Gasteiger partial charge in [0, 0.05) is 20.8 Å². The van der Waals surface area contributed by atoms with Crippen LogP contribution in [0.5, 0.6) is 0 Å². The van der Waals surface area contributed by atoms with Crippen LogP contribution in [-0.2, 0) is 6.54 Å². The van der Waals surface area contributed by atoms with Gasteiger partial charge < -0.3 is 5.32 Å². The monoisotopic (exact) mass is 306 g/mol. The predicted octanol–water partition coefficient (Wildman–Crippen LogP) is 4.30. The molecule has 0 atom stereocenters. The maximum absolute atomic E-state index is 9.04. The fourth-order valence-electron chi connectivity index (χ4n) is 1.53. The maximum Gasteiger partial charge on any atom is 0.101 e. The first-order valence-corrected chi connectivity index (χ1v) is 6.79. The molecule has 0 aliphatic heterocycles. The van der Waals surface area contributed by atoms with Crippen LogP contribution >= 0.6 is 27.3 Å². The molecule has 1 aromatic heterocycles. The average molecular weight is 307 g/mol. The van der Waals surface area contributed by atoms with E-state index in [0.29, 0.717) is 5.56 Å². The van der Waals surface area contributed by atoms with Crippen LogP contribution in [0.4, 0.5) is 5.69 Å². The van der Waals surface area contributed by atoms with E-state index in [4.69, 9.17) is 5.26 Å². The number of hydrogen-bond donors (Lipinski definition) is 1. The number of halogens is 1. The Morgan fingerprint density at radius 3 is 2.82 bits per heavy atom. The van der Waals surface area contributed by atoms with E-state index in [1.165, 1.54) is 9.75 Å². The Hall–Kier alpha value is -1.31. The highest BCUT2D eigenvalue weighted by Gasteiger charge is 2.03. The molecule has 0 radical (unpaired) electrons. The zero-order valence-corrected chi connectivity index (χ0v) is 11.7. The lowest BCUT2D eigenvalue weighted by Crippen LogP contribution is -1.99. The number of benzene rings is 1. The van der Waals surface area contributed by atoms with Crippen LogP contribution < -0.4 is 5.32 Å². The lowest BCUT2D eigenvalue weighted by molar-refractivity contribution is 1.19. The van der Waals surface area contributed by atoms with E-state index >= 15 is 0 Å². The minimum absolute atomic E-state index is 0.660. The van der Waals surface area contributed by atoms with Crippen LogP contribution in [0.3, 0.4) is 0 Å². The van der Waals surface area contributed by atoms with Crippen molar-refractivity contribution in [1.82, 2.24) is 0 Å². The van der Waals surface area contributed by atoms with Gasteiger partial charge in [-0.3, -0.25) is 0 Å². The first kappa shape index (κ1) is 12.2. The smallest absolute Gasteiger partial charge is 0.101 e. The number of rotatable bonds is 3. The molecular weight excluding hydrogens is 296 g/mol. The van der Waals surface area contributed by atoms with E-state index < -0.39 is 0 Å². The van der Waals surface area contributed by atoms with Crippen LogP contribution in [0.25, 0.3) is 0 Å². The van der Waals surface area contributed by atoms with Crippen LogP contribution in [0.1, 0.15) is 15.3 Å². The molecule has 86 valence electrons. The van der Waals surface area contributed by atoms with Gasteiger partial charge in [0.05, 0.1) is 11.3 Å². The first-order valence-electron chi connectivity index (χ1n) is 5.18. The van der Waals surface area contributed by atoms with Gasteiger partial charge in [-0.25, -0.2) is 0 Å². The molecule has 0 amide bonds. The number of nitrogens with one attached hydrogen (secondary N) is 1. The average Bonchev–Trinajstić information content (AvgIpc) is 2.73. The Morgan fingerprint density at radius 1 is 1.35 bits per heavy atom. The molecule has 0 spiro atoms. The topological polar surface area (TPSA) is 35.8 Å². The van der Waals surface area contributed by atoms with E-state index in [0.717, 1.165) is 16.7 Å². The van der Waals surface area contributed by atoms with Crippen LogP contribution in [-0.4, -0.2) is 0 Å². The largest absolute Gasteiger partial charge is 0.379 e. The van der Waals surface area contributed by atoms with Crippen LogP contribution in [0, 0.1) is 18.3 Å². The molecule has 2 aromatic rings. The normalized spacial score (nSPS) is 9.94. The number of nitrogens with zero attached hydrogens (tertiary/aromatic N) is 1. The second-order valence-corrected chi connectivity index (χ2v) is 5.96. The van der Waals surface area contributed by atoms with Gasteiger partial charge in [0.2, 0.25) is 0 Å². The van der Waals surface area contributed by atoms with Crippen LogP contribution in [0.15, 0.2) is 34.8 Å². The molecule has 1 N–H and O–H groups in total. The van der Waals surface area contributed by atoms with E-state index in [9.17, 15) is 0 Å². The Labute approximate surface area is 113 Å². The summed E-state index contributed by atoms with van der Waals surface area (Å²) in [6.45, 7) is 2.85. The van der Waals surface area contributed by atoms with E-state index in [-0.39, 0.29) is 0 Å². The molecule has 17 heavy (non-hydrogen) atoms. The highest BCUT2D eigenvalue weighted by atomic mass is 79.9. The molecule has 1 heterocycles. The number of nitriles is 1. The highest BCUT2D eigenvalue weighted by molar-refractivity contribution is 9.10. The summed E-state index contributed by atoms with van der Waals surface area (Å²) >= 11 is 5.13. The molecule has 0 aliphatic rings. The molecule has 0 saturated carbocycles. The molecule has 0 saturated heterocycles. The minimum atomic E-state index is 0.660. The van der Waals surface area contributed by atoms with Gasteiger partial charge in [-0.05, 0) is 37.3 Å². The van der Waals surface area contributed by atoms with Crippen molar-refractivity contribution in [3.63, 3.8) is 0 Å². The molecule has 1 aromatic carbocycles.